The van der Waals surface area contributed by atoms with Gasteiger partial charge in [0.2, 0.25) is 0 Å². The van der Waals surface area contributed by atoms with Crippen LogP contribution in [0.1, 0.15) is 46.1 Å². The Hall–Kier alpha value is -4.98. The van der Waals surface area contributed by atoms with E-state index in [0.29, 0.717) is 36.2 Å². The number of benzene rings is 4. The van der Waals surface area contributed by atoms with Crippen LogP contribution in [-0.2, 0) is 32.3 Å². The third-order valence-corrected chi connectivity index (χ3v) is 8.01. The van der Waals surface area contributed by atoms with Gasteiger partial charge in [0.15, 0.2) is 23.0 Å². The molecule has 8 heteroatoms. The molecule has 4 aromatic carbocycles. The van der Waals surface area contributed by atoms with Gasteiger partial charge >= 0.3 is 11.9 Å². The van der Waals surface area contributed by atoms with Gasteiger partial charge in [0.25, 0.3) is 0 Å². The van der Waals surface area contributed by atoms with E-state index in [-0.39, 0.29) is 6.42 Å². The number of esters is 2. The Labute approximate surface area is 257 Å². The number of hydrogen-bond acceptors (Lipinski definition) is 8. The molecule has 0 fully saturated rings. The molecule has 0 bridgehead atoms. The lowest BCUT2D eigenvalue weighted by Crippen LogP contribution is -2.26. The molecular formula is C36H36O8. The van der Waals surface area contributed by atoms with Crippen molar-refractivity contribution in [3.63, 3.8) is 0 Å². The maximum Gasteiger partial charge on any atom is 0.310 e. The van der Waals surface area contributed by atoms with Gasteiger partial charge in [-0.3, -0.25) is 9.59 Å². The second-order valence-corrected chi connectivity index (χ2v) is 10.5. The van der Waals surface area contributed by atoms with Crippen molar-refractivity contribution in [3.8, 4) is 23.0 Å². The fourth-order valence-corrected chi connectivity index (χ4v) is 5.86. The topological polar surface area (TPSA) is 89.5 Å². The summed E-state index contributed by atoms with van der Waals surface area (Å²) in [7, 11) is 5.83. The van der Waals surface area contributed by atoms with Gasteiger partial charge in [-0.2, -0.15) is 0 Å². The van der Waals surface area contributed by atoms with Crippen LogP contribution in [0.2, 0.25) is 0 Å². The summed E-state index contributed by atoms with van der Waals surface area (Å²) in [4.78, 5) is 26.1. The second kappa shape index (κ2) is 14.0. The van der Waals surface area contributed by atoms with Gasteiger partial charge in [-0.15, -0.1) is 0 Å². The molecule has 0 aliphatic heterocycles. The molecule has 44 heavy (non-hydrogen) atoms. The summed E-state index contributed by atoms with van der Waals surface area (Å²) in [6.45, 7) is 0.699. The minimum Gasteiger partial charge on any atom is -0.493 e. The van der Waals surface area contributed by atoms with E-state index >= 15 is 0 Å². The fraction of sp³-hybridized carbons (Fsp3) is 0.278. The summed E-state index contributed by atoms with van der Waals surface area (Å²) in [6, 6.07) is 29.1. The first-order chi connectivity index (χ1) is 21.5. The lowest BCUT2D eigenvalue weighted by atomic mass is 9.81. The normalized spacial score (nSPS) is 16.9. The molecule has 1 aliphatic rings. The van der Waals surface area contributed by atoms with E-state index in [1.54, 1.807) is 14.2 Å². The number of methoxy groups -OCH3 is 4. The molecule has 0 spiro atoms. The minimum atomic E-state index is -0.719. The van der Waals surface area contributed by atoms with Crippen molar-refractivity contribution in [1.82, 2.24) is 0 Å². The predicted molar refractivity (Wildman–Crippen MR) is 164 cm³/mol. The highest BCUT2D eigenvalue weighted by molar-refractivity contribution is 5.81. The summed E-state index contributed by atoms with van der Waals surface area (Å²) in [5, 5.41) is 0. The maximum atomic E-state index is 13.5. The van der Waals surface area contributed by atoms with Gasteiger partial charge in [0.05, 0.1) is 40.8 Å². The first-order valence-corrected chi connectivity index (χ1v) is 14.3. The predicted octanol–water partition coefficient (Wildman–Crippen LogP) is 6.44. The average Bonchev–Trinajstić information content (AvgIpc) is 3.38. The van der Waals surface area contributed by atoms with Crippen LogP contribution in [0.3, 0.4) is 0 Å². The molecule has 0 radical (unpaired) electrons. The summed E-state index contributed by atoms with van der Waals surface area (Å²) in [6.07, 6.45) is -0.0114. The molecule has 5 rings (SSSR count). The first-order valence-electron chi connectivity index (χ1n) is 14.3. The maximum absolute atomic E-state index is 13.5. The van der Waals surface area contributed by atoms with Crippen molar-refractivity contribution < 1.29 is 38.0 Å². The zero-order valence-corrected chi connectivity index (χ0v) is 25.3. The molecule has 0 saturated carbocycles. The monoisotopic (exact) mass is 596 g/mol. The molecular weight excluding hydrogens is 560 g/mol. The van der Waals surface area contributed by atoms with E-state index < -0.39 is 29.7 Å². The second-order valence-electron chi connectivity index (χ2n) is 10.5. The lowest BCUT2D eigenvalue weighted by Gasteiger charge is -2.24. The summed E-state index contributed by atoms with van der Waals surface area (Å²) in [5.41, 5.74) is 4.45. The number of carbonyl (C=O) groups is 2. The highest BCUT2D eigenvalue weighted by atomic mass is 16.5. The third kappa shape index (κ3) is 6.49. The Morgan fingerprint density at radius 2 is 1.18 bits per heavy atom. The molecule has 3 atom stereocenters. The quantitative estimate of drug-likeness (QED) is 0.173. The van der Waals surface area contributed by atoms with Crippen LogP contribution in [0.15, 0.2) is 91.0 Å². The van der Waals surface area contributed by atoms with E-state index in [1.165, 1.54) is 14.2 Å². The van der Waals surface area contributed by atoms with Gasteiger partial charge in [-0.25, -0.2) is 0 Å². The van der Waals surface area contributed by atoms with Gasteiger partial charge in [0, 0.05) is 11.8 Å². The van der Waals surface area contributed by atoms with E-state index in [2.05, 4.69) is 0 Å². The molecule has 0 N–H and O–H groups in total. The molecule has 8 nitrogen and oxygen atoms in total. The number of hydrogen-bond donors (Lipinski definition) is 0. The summed E-state index contributed by atoms with van der Waals surface area (Å²) < 4.78 is 34.1. The van der Waals surface area contributed by atoms with Crippen molar-refractivity contribution in [2.75, 3.05) is 28.4 Å². The SMILES string of the molecule is COC(=O)CC1c2cc(OC)c(OCc3ccccc3)cc2C(c2ccc(OCc3ccccc3)c(OC)c2)C1C(=O)OC. The number of ether oxygens (including phenoxy) is 6. The summed E-state index contributed by atoms with van der Waals surface area (Å²) >= 11 is 0. The van der Waals surface area contributed by atoms with Gasteiger partial charge < -0.3 is 28.4 Å². The number of rotatable bonds is 12. The molecule has 0 aromatic heterocycles. The lowest BCUT2D eigenvalue weighted by molar-refractivity contribution is -0.147. The highest BCUT2D eigenvalue weighted by Gasteiger charge is 2.48. The van der Waals surface area contributed by atoms with Gasteiger partial charge in [0.1, 0.15) is 13.2 Å². The molecule has 4 aromatic rings. The van der Waals surface area contributed by atoms with E-state index in [9.17, 15) is 9.59 Å². The van der Waals surface area contributed by atoms with E-state index in [4.69, 9.17) is 28.4 Å². The Balaban J connectivity index is 1.57. The molecule has 1 aliphatic carbocycles. The van der Waals surface area contributed by atoms with Crippen molar-refractivity contribution in [2.45, 2.75) is 31.5 Å². The van der Waals surface area contributed by atoms with Gasteiger partial charge in [-0.1, -0.05) is 66.7 Å². The Morgan fingerprint density at radius 3 is 1.75 bits per heavy atom. The largest absolute Gasteiger partial charge is 0.493 e. The molecule has 228 valence electrons. The highest BCUT2D eigenvalue weighted by Crippen LogP contribution is 2.55. The van der Waals surface area contributed by atoms with Crippen LogP contribution in [-0.4, -0.2) is 40.4 Å². The van der Waals surface area contributed by atoms with Crippen LogP contribution >= 0.6 is 0 Å². The van der Waals surface area contributed by atoms with Gasteiger partial charge in [-0.05, 0) is 52.1 Å². The molecule has 0 amide bonds. The molecule has 3 unspecified atom stereocenters. The van der Waals surface area contributed by atoms with E-state index in [1.807, 2.05) is 91.0 Å². The third-order valence-electron chi connectivity index (χ3n) is 8.01. The Kier molecular flexibility index (Phi) is 9.69. The Morgan fingerprint density at radius 1 is 0.614 bits per heavy atom. The van der Waals surface area contributed by atoms with Crippen LogP contribution in [0, 0.1) is 5.92 Å². The van der Waals surface area contributed by atoms with Crippen molar-refractivity contribution in [1.29, 1.82) is 0 Å². The zero-order valence-electron chi connectivity index (χ0n) is 25.3. The fourth-order valence-electron chi connectivity index (χ4n) is 5.86. The zero-order chi connectivity index (χ0) is 31.1. The molecule has 0 heterocycles. The molecule has 0 saturated heterocycles. The van der Waals surface area contributed by atoms with Crippen molar-refractivity contribution in [2.24, 2.45) is 5.92 Å². The number of carbonyl (C=O) groups excluding carboxylic acids is 2. The minimum absolute atomic E-state index is 0.0114. The van der Waals surface area contributed by atoms with Crippen LogP contribution < -0.4 is 18.9 Å². The number of fused-ring (bicyclic) bond motifs is 1. The first kappa shape index (κ1) is 30.5. The van der Waals surface area contributed by atoms with E-state index in [0.717, 1.165) is 27.8 Å². The Bertz CT molecular complexity index is 1590. The standard InChI is InChI=1S/C36H36O8/c1-39-30-17-25(15-16-29(30)43-21-23-11-7-5-8-12-23)34-27-19-32(44-22-24-13-9-6-10-14-24)31(40-2)18-26(27)28(20-33(37)41-3)35(34)36(38)42-4/h5-19,28,34-35H,20-22H2,1-4H3. The van der Waals surface area contributed by atoms with Crippen LogP contribution in [0.25, 0.3) is 0 Å². The smallest absolute Gasteiger partial charge is 0.310 e. The van der Waals surface area contributed by atoms with Crippen LogP contribution in [0.4, 0.5) is 0 Å². The average molecular weight is 597 g/mol. The van der Waals surface area contributed by atoms with Crippen molar-refractivity contribution in [3.05, 3.63) is 119 Å². The van der Waals surface area contributed by atoms with Crippen LogP contribution in [0.5, 0.6) is 23.0 Å². The van der Waals surface area contributed by atoms with Crippen molar-refractivity contribution >= 4 is 11.9 Å². The summed E-state index contributed by atoms with van der Waals surface area (Å²) in [5.74, 6) is -0.464.